The molecule has 0 aliphatic heterocycles. The summed E-state index contributed by atoms with van der Waals surface area (Å²) in [7, 11) is 0. The summed E-state index contributed by atoms with van der Waals surface area (Å²) in [5.41, 5.74) is 2.47. The Morgan fingerprint density at radius 3 is 2.40 bits per heavy atom. The molecule has 0 radical (unpaired) electrons. The Labute approximate surface area is 267 Å². The van der Waals surface area contributed by atoms with E-state index in [2.05, 4.69) is 54.5 Å². The van der Waals surface area contributed by atoms with Crippen molar-refractivity contribution in [2.45, 2.75) is 177 Å². The Kier molecular flexibility index (Phi) is 12.9. The number of ether oxygens (including phenoxy) is 1. The Morgan fingerprint density at radius 1 is 0.930 bits per heavy atom. The Bertz CT molecular complexity index is 930. The quantitative estimate of drug-likeness (QED) is 0.0769. The van der Waals surface area contributed by atoms with Crippen molar-refractivity contribution < 1.29 is 9.53 Å². The summed E-state index contributed by atoms with van der Waals surface area (Å²) in [6.07, 6.45) is 31.0. The maximum Gasteiger partial charge on any atom is 0.330 e. The SMILES string of the molecule is CCCCCCCCCC=CC(=O)OC1CC[C@@]2(C)C(=CC[C@H]3[C@@H]4CC[C@H]([C@H](C)CC[C@@H](CC)C(C)C)[C@@]4(C)CC[C@@H]32)C1. The first-order chi connectivity index (χ1) is 20.6. The second kappa shape index (κ2) is 16.0. The van der Waals surface area contributed by atoms with E-state index in [9.17, 15) is 4.79 Å². The van der Waals surface area contributed by atoms with Gasteiger partial charge in [-0.2, -0.15) is 0 Å². The molecule has 0 N–H and O–H groups in total. The molecule has 3 fully saturated rings. The van der Waals surface area contributed by atoms with Crippen LogP contribution in [0, 0.1) is 52.3 Å². The van der Waals surface area contributed by atoms with Crippen molar-refractivity contribution in [2.24, 2.45) is 52.3 Å². The van der Waals surface area contributed by atoms with Gasteiger partial charge in [0.15, 0.2) is 0 Å². The van der Waals surface area contributed by atoms with E-state index < -0.39 is 0 Å². The van der Waals surface area contributed by atoms with Crippen LogP contribution in [-0.2, 0) is 9.53 Å². The molecule has 0 aromatic heterocycles. The van der Waals surface area contributed by atoms with E-state index in [1.165, 1.54) is 103 Å². The molecule has 0 heterocycles. The molecule has 43 heavy (non-hydrogen) atoms. The van der Waals surface area contributed by atoms with Gasteiger partial charge in [-0.15, -0.1) is 0 Å². The van der Waals surface area contributed by atoms with Gasteiger partial charge in [0.25, 0.3) is 0 Å². The molecular weight excluding hydrogens is 524 g/mol. The number of esters is 1. The van der Waals surface area contributed by atoms with E-state index in [0.29, 0.717) is 10.8 Å². The second-order valence-electron chi connectivity index (χ2n) is 16.6. The van der Waals surface area contributed by atoms with Crippen LogP contribution in [0.5, 0.6) is 0 Å². The van der Waals surface area contributed by atoms with Crippen molar-refractivity contribution in [3.05, 3.63) is 23.8 Å². The van der Waals surface area contributed by atoms with Gasteiger partial charge in [-0.25, -0.2) is 4.79 Å². The zero-order chi connectivity index (χ0) is 31.0. The van der Waals surface area contributed by atoms with Gasteiger partial charge >= 0.3 is 5.97 Å². The first kappa shape index (κ1) is 34.8. The topological polar surface area (TPSA) is 26.3 Å². The lowest BCUT2D eigenvalue weighted by Crippen LogP contribution is -2.51. The molecule has 4 aliphatic carbocycles. The maximum atomic E-state index is 12.6. The summed E-state index contributed by atoms with van der Waals surface area (Å²) >= 11 is 0. The van der Waals surface area contributed by atoms with Crippen LogP contribution in [0.4, 0.5) is 0 Å². The molecule has 2 nitrogen and oxygen atoms in total. The largest absolute Gasteiger partial charge is 0.459 e. The summed E-state index contributed by atoms with van der Waals surface area (Å²) in [6, 6.07) is 0. The fraction of sp³-hybridized carbons (Fsp3) is 0.878. The fourth-order valence-electron chi connectivity index (χ4n) is 11.0. The van der Waals surface area contributed by atoms with Crippen LogP contribution in [0.25, 0.3) is 0 Å². The standard InChI is InChI=1S/C41H70O2/c1-8-10-11-12-13-14-15-16-17-18-39(42)43-34-25-27-40(6)33(29-34)21-22-35-37-24-23-36(41(37,7)28-26-38(35)40)31(5)19-20-32(9-2)30(3)4/h17-18,21,30-32,34-38H,8-16,19-20,22-29H2,1-7H3/t31-,32-,34?,35+,36-,37+,38+,40+,41-/m1/s1. The van der Waals surface area contributed by atoms with Gasteiger partial charge in [0.1, 0.15) is 6.10 Å². The second-order valence-corrected chi connectivity index (χ2v) is 16.6. The minimum atomic E-state index is -0.121. The zero-order valence-corrected chi connectivity index (χ0v) is 29.6. The highest BCUT2D eigenvalue weighted by Gasteiger charge is 2.59. The summed E-state index contributed by atoms with van der Waals surface area (Å²) in [6.45, 7) is 17.4. The minimum Gasteiger partial charge on any atom is -0.459 e. The first-order valence-electron chi connectivity index (χ1n) is 19.2. The number of allylic oxidation sites excluding steroid dienone is 2. The smallest absolute Gasteiger partial charge is 0.330 e. The Morgan fingerprint density at radius 2 is 1.67 bits per heavy atom. The van der Waals surface area contributed by atoms with Gasteiger partial charge in [-0.3, -0.25) is 0 Å². The van der Waals surface area contributed by atoms with Crippen LogP contribution in [-0.4, -0.2) is 12.1 Å². The third-order valence-corrected chi connectivity index (χ3v) is 13.8. The van der Waals surface area contributed by atoms with Crippen molar-refractivity contribution in [2.75, 3.05) is 0 Å². The normalized spacial score (nSPS) is 35.3. The van der Waals surface area contributed by atoms with Crippen LogP contribution in [0.2, 0.25) is 0 Å². The van der Waals surface area contributed by atoms with Gasteiger partial charge < -0.3 is 4.74 Å². The summed E-state index contributed by atoms with van der Waals surface area (Å²) in [5, 5.41) is 0. The highest BCUT2D eigenvalue weighted by Crippen LogP contribution is 2.67. The number of hydrogen-bond donors (Lipinski definition) is 0. The summed E-state index contributed by atoms with van der Waals surface area (Å²) in [4.78, 5) is 12.6. The van der Waals surface area contributed by atoms with E-state index in [4.69, 9.17) is 4.74 Å². The van der Waals surface area contributed by atoms with Crippen LogP contribution in [0.3, 0.4) is 0 Å². The predicted molar refractivity (Wildman–Crippen MR) is 184 cm³/mol. The highest BCUT2D eigenvalue weighted by molar-refractivity contribution is 5.82. The number of carbonyl (C=O) groups is 1. The lowest BCUT2D eigenvalue weighted by molar-refractivity contribution is -0.145. The van der Waals surface area contributed by atoms with Crippen molar-refractivity contribution in [3.63, 3.8) is 0 Å². The Hall–Kier alpha value is -1.05. The number of hydrogen-bond acceptors (Lipinski definition) is 2. The van der Waals surface area contributed by atoms with Crippen molar-refractivity contribution >= 4 is 5.97 Å². The lowest BCUT2D eigenvalue weighted by atomic mass is 9.47. The third kappa shape index (κ3) is 8.22. The predicted octanol–water partition coefficient (Wildman–Crippen LogP) is 12.3. The molecule has 2 heteroatoms. The van der Waals surface area contributed by atoms with Gasteiger partial charge in [0, 0.05) is 12.5 Å². The van der Waals surface area contributed by atoms with E-state index in [1.54, 1.807) is 11.6 Å². The minimum absolute atomic E-state index is 0.0648. The average Bonchev–Trinajstić information content (AvgIpc) is 3.34. The molecule has 4 rings (SSSR count). The van der Waals surface area contributed by atoms with Crippen molar-refractivity contribution in [1.29, 1.82) is 0 Å². The van der Waals surface area contributed by atoms with E-state index in [0.717, 1.165) is 60.7 Å². The molecule has 1 unspecified atom stereocenters. The maximum absolute atomic E-state index is 12.6. The average molecular weight is 595 g/mol. The molecular formula is C41H70O2. The first-order valence-corrected chi connectivity index (χ1v) is 19.2. The van der Waals surface area contributed by atoms with Gasteiger partial charge in [-0.05, 0) is 116 Å². The molecule has 9 atom stereocenters. The molecule has 3 saturated carbocycles. The summed E-state index contributed by atoms with van der Waals surface area (Å²) in [5.74, 6) is 5.95. The number of carbonyl (C=O) groups excluding carboxylic acids is 1. The van der Waals surface area contributed by atoms with Crippen LogP contribution >= 0.6 is 0 Å². The van der Waals surface area contributed by atoms with Gasteiger partial charge in [0.05, 0.1) is 0 Å². The Balaban J connectivity index is 1.27. The van der Waals surface area contributed by atoms with Crippen LogP contribution in [0.1, 0.15) is 170 Å². The molecule has 0 aromatic rings. The van der Waals surface area contributed by atoms with Gasteiger partial charge in [-0.1, -0.05) is 118 Å². The van der Waals surface area contributed by atoms with E-state index in [-0.39, 0.29) is 12.1 Å². The number of unbranched alkanes of at least 4 members (excludes halogenated alkanes) is 7. The van der Waals surface area contributed by atoms with Crippen LogP contribution in [0.15, 0.2) is 23.8 Å². The molecule has 0 aromatic carbocycles. The third-order valence-electron chi connectivity index (χ3n) is 13.8. The molecule has 0 bridgehead atoms. The monoisotopic (exact) mass is 595 g/mol. The van der Waals surface area contributed by atoms with Gasteiger partial charge in [0.2, 0.25) is 0 Å². The zero-order valence-electron chi connectivity index (χ0n) is 29.6. The van der Waals surface area contributed by atoms with Crippen LogP contribution < -0.4 is 0 Å². The van der Waals surface area contributed by atoms with E-state index in [1.807, 2.05) is 6.08 Å². The molecule has 0 amide bonds. The highest BCUT2D eigenvalue weighted by atomic mass is 16.5. The van der Waals surface area contributed by atoms with E-state index >= 15 is 0 Å². The molecule has 246 valence electrons. The number of fused-ring (bicyclic) bond motifs is 5. The lowest BCUT2D eigenvalue weighted by Gasteiger charge is -2.58. The molecule has 4 aliphatic rings. The molecule has 0 spiro atoms. The number of rotatable bonds is 16. The summed E-state index contributed by atoms with van der Waals surface area (Å²) < 4.78 is 6.02. The van der Waals surface area contributed by atoms with Crippen molar-refractivity contribution in [1.82, 2.24) is 0 Å². The molecule has 0 saturated heterocycles. The fourth-order valence-corrected chi connectivity index (χ4v) is 11.0. The van der Waals surface area contributed by atoms with Crippen molar-refractivity contribution in [3.8, 4) is 0 Å².